The largest absolute Gasteiger partial charge is 0.279 e. The molecule has 0 bridgehead atoms. The number of fused-ring (bicyclic) bond motifs is 1. The third kappa shape index (κ3) is 4.21. The van der Waals surface area contributed by atoms with Crippen LogP contribution in [0.25, 0.3) is 10.2 Å². The number of aromatic nitrogens is 1. The second-order valence-electron chi connectivity index (χ2n) is 7.03. The van der Waals surface area contributed by atoms with Gasteiger partial charge in [-0.3, -0.25) is 9.69 Å². The molecule has 0 radical (unpaired) electrons. The predicted octanol–water partition coefficient (Wildman–Crippen LogP) is 6.48. The molecule has 3 nitrogen and oxygen atoms in total. The summed E-state index contributed by atoms with van der Waals surface area (Å²) in [6, 6.07) is 22.1. The van der Waals surface area contributed by atoms with Crippen molar-refractivity contribution in [3.63, 3.8) is 0 Å². The number of amides is 1. The molecule has 0 spiro atoms. The average molecular weight is 419 g/mol. The van der Waals surface area contributed by atoms with Crippen LogP contribution < -0.4 is 4.90 Å². The number of thioether (sulfide) groups is 1. The molecule has 1 aromatic heterocycles. The summed E-state index contributed by atoms with van der Waals surface area (Å²) in [7, 11) is 0. The van der Waals surface area contributed by atoms with Gasteiger partial charge in [-0.25, -0.2) is 4.98 Å². The van der Waals surface area contributed by atoms with Gasteiger partial charge in [-0.2, -0.15) is 0 Å². The predicted molar refractivity (Wildman–Crippen MR) is 124 cm³/mol. The maximum Gasteiger partial charge on any atom is 0.260 e. The van der Waals surface area contributed by atoms with Gasteiger partial charge in [-0.15, -0.1) is 11.8 Å². The molecule has 1 amide bonds. The van der Waals surface area contributed by atoms with Gasteiger partial charge >= 0.3 is 0 Å². The summed E-state index contributed by atoms with van der Waals surface area (Å²) in [4.78, 5) is 21.2. The summed E-state index contributed by atoms with van der Waals surface area (Å²) in [6.07, 6.45) is 2.03. The average Bonchev–Trinajstić information content (AvgIpc) is 3.16. The van der Waals surface area contributed by atoms with Gasteiger partial charge in [0.15, 0.2) is 5.13 Å². The highest BCUT2D eigenvalue weighted by Crippen LogP contribution is 2.33. The Morgan fingerprint density at radius 2 is 1.76 bits per heavy atom. The fraction of sp³-hybridized carbons (Fsp3) is 0.167. The van der Waals surface area contributed by atoms with E-state index in [1.165, 1.54) is 5.56 Å². The zero-order chi connectivity index (χ0) is 20.4. The number of benzene rings is 3. The van der Waals surface area contributed by atoms with E-state index in [4.69, 9.17) is 4.98 Å². The highest BCUT2D eigenvalue weighted by molar-refractivity contribution is 7.98. The topological polar surface area (TPSA) is 33.2 Å². The van der Waals surface area contributed by atoms with Crippen molar-refractivity contribution in [3.8, 4) is 0 Å². The minimum absolute atomic E-state index is 0.0325. The Balaban J connectivity index is 1.77. The van der Waals surface area contributed by atoms with Gasteiger partial charge in [-0.1, -0.05) is 47.7 Å². The number of rotatable bonds is 5. The van der Waals surface area contributed by atoms with Gasteiger partial charge in [0.05, 0.1) is 16.8 Å². The molecule has 0 aliphatic heterocycles. The van der Waals surface area contributed by atoms with Crippen LogP contribution in [0.5, 0.6) is 0 Å². The highest BCUT2D eigenvalue weighted by Gasteiger charge is 2.22. The summed E-state index contributed by atoms with van der Waals surface area (Å²) < 4.78 is 1.11. The van der Waals surface area contributed by atoms with Gasteiger partial charge < -0.3 is 0 Å². The van der Waals surface area contributed by atoms with E-state index in [0.29, 0.717) is 12.1 Å². The lowest BCUT2D eigenvalue weighted by atomic mass is 10.1. The van der Waals surface area contributed by atoms with Crippen LogP contribution in [-0.4, -0.2) is 17.1 Å². The highest BCUT2D eigenvalue weighted by atomic mass is 32.2. The third-order valence-corrected chi connectivity index (χ3v) is 6.58. The lowest BCUT2D eigenvalue weighted by Crippen LogP contribution is -2.30. The summed E-state index contributed by atoms with van der Waals surface area (Å²) in [5.74, 6) is -0.0325. The number of thiazole rings is 1. The van der Waals surface area contributed by atoms with Gasteiger partial charge in [0.25, 0.3) is 5.91 Å². The molecule has 0 saturated heterocycles. The normalized spacial score (nSPS) is 11.0. The first kappa shape index (κ1) is 19.7. The van der Waals surface area contributed by atoms with Crippen molar-refractivity contribution in [1.82, 2.24) is 4.98 Å². The molecular weight excluding hydrogens is 396 g/mol. The molecule has 0 aliphatic rings. The Morgan fingerprint density at radius 3 is 2.45 bits per heavy atom. The van der Waals surface area contributed by atoms with E-state index in [1.54, 1.807) is 28.0 Å². The molecule has 0 fully saturated rings. The quantitative estimate of drug-likeness (QED) is 0.348. The first-order valence-electron chi connectivity index (χ1n) is 9.43. The zero-order valence-electron chi connectivity index (χ0n) is 16.7. The fourth-order valence-electron chi connectivity index (χ4n) is 3.36. The third-order valence-electron chi connectivity index (χ3n) is 4.82. The van der Waals surface area contributed by atoms with E-state index in [-0.39, 0.29) is 5.91 Å². The Morgan fingerprint density at radius 1 is 1.03 bits per heavy atom. The number of aryl methyl sites for hydroxylation is 2. The van der Waals surface area contributed by atoms with Crippen molar-refractivity contribution in [1.29, 1.82) is 0 Å². The number of hydrogen-bond acceptors (Lipinski definition) is 4. The van der Waals surface area contributed by atoms with E-state index in [9.17, 15) is 4.79 Å². The minimum atomic E-state index is -0.0325. The maximum atomic E-state index is 13.5. The number of nitrogens with zero attached hydrogens (tertiary/aromatic N) is 2. The van der Waals surface area contributed by atoms with Crippen LogP contribution >= 0.6 is 23.1 Å². The van der Waals surface area contributed by atoms with E-state index in [2.05, 4.69) is 26.0 Å². The summed E-state index contributed by atoms with van der Waals surface area (Å²) >= 11 is 3.24. The van der Waals surface area contributed by atoms with Crippen LogP contribution in [-0.2, 0) is 6.54 Å². The smallest absolute Gasteiger partial charge is 0.260 e. The second-order valence-corrected chi connectivity index (χ2v) is 8.92. The van der Waals surface area contributed by atoms with E-state index >= 15 is 0 Å². The number of carbonyl (C=O) groups is 1. The van der Waals surface area contributed by atoms with Gasteiger partial charge in [0.1, 0.15) is 0 Å². The fourth-order valence-corrected chi connectivity index (χ4v) is 4.90. The van der Waals surface area contributed by atoms with Crippen LogP contribution in [0.4, 0.5) is 5.13 Å². The number of hydrogen-bond donors (Lipinski definition) is 0. The molecular formula is C24H22N2OS2. The Kier molecular flexibility index (Phi) is 5.69. The lowest BCUT2D eigenvalue weighted by Gasteiger charge is -2.20. The van der Waals surface area contributed by atoms with Gasteiger partial charge in [0.2, 0.25) is 0 Å². The molecule has 146 valence electrons. The van der Waals surface area contributed by atoms with Crippen molar-refractivity contribution >= 4 is 44.4 Å². The number of anilines is 1. The molecule has 0 atom stereocenters. The van der Waals surface area contributed by atoms with Crippen molar-refractivity contribution in [2.45, 2.75) is 25.3 Å². The molecule has 4 rings (SSSR count). The van der Waals surface area contributed by atoms with Crippen molar-refractivity contribution in [3.05, 3.63) is 89.0 Å². The first-order chi connectivity index (χ1) is 14.0. The standard InChI is InChI=1S/C24H22N2OS2/c1-16-13-17(2)22-21(14-16)29-24(25-22)26(15-18-7-5-4-6-8-18)23(27)19-9-11-20(28-3)12-10-19/h4-14H,15H2,1-3H3. The summed E-state index contributed by atoms with van der Waals surface area (Å²) in [6.45, 7) is 4.65. The second kappa shape index (κ2) is 8.39. The Hall–Kier alpha value is -2.63. The SMILES string of the molecule is CSc1ccc(C(=O)N(Cc2ccccc2)c2nc3c(C)cc(C)cc3s2)cc1. The molecule has 29 heavy (non-hydrogen) atoms. The first-order valence-corrected chi connectivity index (χ1v) is 11.5. The lowest BCUT2D eigenvalue weighted by molar-refractivity contribution is 0.0985. The molecule has 5 heteroatoms. The van der Waals surface area contributed by atoms with E-state index < -0.39 is 0 Å². The van der Waals surface area contributed by atoms with Crippen molar-refractivity contribution in [2.24, 2.45) is 0 Å². The maximum absolute atomic E-state index is 13.5. The van der Waals surface area contributed by atoms with Crippen molar-refractivity contribution < 1.29 is 4.79 Å². The Labute approximate surface area is 179 Å². The van der Waals surface area contributed by atoms with E-state index in [0.717, 1.165) is 31.4 Å². The Bertz CT molecular complexity index is 1150. The monoisotopic (exact) mass is 418 g/mol. The summed E-state index contributed by atoms with van der Waals surface area (Å²) in [5, 5.41) is 0.733. The van der Waals surface area contributed by atoms with Crippen LogP contribution in [0.2, 0.25) is 0 Å². The van der Waals surface area contributed by atoms with E-state index in [1.807, 2.05) is 60.9 Å². The molecule has 0 N–H and O–H groups in total. The molecule has 3 aromatic carbocycles. The van der Waals surface area contributed by atoms with Gasteiger partial charge in [-0.05, 0) is 67.1 Å². The van der Waals surface area contributed by atoms with Crippen LogP contribution in [0.15, 0.2) is 71.6 Å². The van der Waals surface area contributed by atoms with Crippen LogP contribution in [0.3, 0.4) is 0 Å². The minimum Gasteiger partial charge on any atom is -0.279 e. The number of carbonyl (C=O) groups excluding carboxylic acids is 1. The van der Waals surface area contributed by atoms with Crippen LogP contribution in [0.1, 0.15) is 27.0 Å². The van der Waals surface area contributed by atoms with Gasteiger partial charge in [0, 0.05) is 10.5 Å². The molecule has 4 aromatic rings. The zero-order valence-corrected chi connectivity index (χ0v) is 18.3. The molecule has 1 heterocycles. The van der Waals surface area contributed by atoms with Crippen molar-refractivity contribution in [2.75, 3.05) is 11.2 Å². The molecule has 0 unspecified atom stereocenters. The molecule has 0 aliphatic carbocycles. The molecule has 0 saturated carbocycles. The summed E-state index contributed by atoms with van der Waals surface area (Å²) in [5.41, 5.74) is 5.07. The van der Waals surface area contributed by atoms with Crippen LogP contribution in [0, 0.1) is 13.8 Å².